The average molecular weight is 638 g/mol. The van der Waals surface area contributed by atoms with Gasteiger partial charge in [-0.15, -0.1) is 0 Å². The molecule has 0 aliphatic heterocycles. The Kier molecular flexibility index (Phi) is 6.22. The fourth-order valence-corrected chi connectivity index (χ4v) is 6.17. The molecular formula is C34H16F9N3. The number of rotatable bonds is 2. The van der Waals surface area contributed by atoms with E-state index in [9.17, 15) is 44.8 Å². The molecule has 2 aromatic heterocycles. The second-order valence-corrected chi connectivity index (χ2v) is 10.6. The van der Waals surface area contributed by atoms with Crippen molar-refractivity contribution in [3.8, 4) is 17.4 Å². The van der Waals surface area contributed by atoms with E-state index in [1.165, 1.54) is 22.8 Å². The second-order valence-electron chi connectivity index (χ2n) is 10.6. The van der Waals surface area contributed by atoms with Crippen LogP contribution in [-0.4, -0.2) is 9.13 Å². The lowest BCUT2D eigenvalue weighted by Gasteiger charge is -2.19. The Morgan fingerprint density at radius 1 is 0.478 bits per heavy atom. The fraction of sp³-hybridized carbons (Fsp3) is 0.0882. The molecule has 0 saturated heterocycles. The summed E-state index contributed by atoms with van der Waals surface area (Å²) in [5, 5.41) is 11.7. The van der Waals surface area contributed by atoms with Gasteiger partial charge in [0.1, 0.15) is 6.07 Å². The van der Waals surface area contributed by atoms with E-state index in [0.29, 0.717) is 33.1 Å². The van der Waals surface area contributed by atoms with Gasteiger partial charge in [0.25, 0.3) is 0 Å². The molecule has 0 amide bonds. The lowest BCUT2D eigenvalue weighted by Crippen LogP contribution is -2.14. The van der Waals surface area contributed by atoms with Crippen LogP contribution in [0.5, 0.6) is 0 Å². The second kappa shape index (κ2) is 9.78. The van der Waals surface area contributed by atoms with Gasteiger partial charge in [-0.2, -0.15) is 44.8 Å². The van der Waals surface area contributed by atoms with Crippen molar-refractivity contribution in [1.82, 2.24) is 9.13 Å². The third-order valence-corrected chi connectivity index (χ3v) is 8.02. The maximum Gasteiger partial charge on any atom is 0.418 e. The van der Waals surface area contributed by atoms with Crippen molar-refractivity contribution >= 4 is 43.6 Å². The minimum Gasteiger partial charge on any atom is -0.309 e. The smallest absolute Gasteiger partial charge is 0.309 e. The quantitative estimate of drug-likeness (QED) is 0.174. The summed E-state index contributed by atoms with van der Waals surface area (Å²) in [6.45, 7) is 0. The Balaban J connectivity index is 1.68. The standard InChI is InChI=1S/C34H16F9N3/c35-32(36,37)19-12-13-28(25(14-19)34(41,42)43)45-26-10-3-1-7-20(26)22-15-23-21-8-2-4-11-27(21)46(30(23)16-29(22)45)31-18(17-44)6-5-9-24(31)33(38,39)40/h1-16H. The molecule has 0 N–H and O–H groups in total. The van der Waals surface area contributed by atoms with Crippen LogP contribution in [0.2, 0.25) is 0 Å². The number of aromatic nitrogens is 2. The van der Waals surface area contributed by atoms with Gasteiger partial charge in [-0.25, -0.2) is 0 Å². The molecule has 0 atom stereocenters. The van der Waals surface area contributed by atoms with Gasteiger partial charge in [-0.1, -0.05) is 42.5 Å². The minimum absolute atomic E-state index is 0.0459. The number of hydrogen-bond donors (Lipinski definition) is 0. The van der Waals surface area contributed by atoms with E-state index in [2.05, 4.69) is 0 Å². The topological polar surface area (TPSA) is 33.6 Å². The number of para-hydroxylation sites is 3. The predicted octanol–water partition coefficient (Wildman–Crippen LogP) is 10.8. The van der Waals surface area contributed by atoms with Gasteiger partial charge >= 0.3 is 18.5 Å². The summed E-state index contributed by atoms with van der Waals surface area (Å²) in [6, 6.07) is 22.3. The number of alkyl halides is 9. The largest absolute Gasteiger partial charge is 0.418 e. The highest BCUT2D eigenvalue weighted by atomic mass is 19.4. The molecule has 0 radical (unpaired) electrons. The molecule has 230 valence electrons. The lowest BCUT2D eigenvalue weighted by molar-refractivity contribution is -0.143. The zero-order valence-corrected chi connectivity index (χ0v) is 23.0. The first-order valence-electron chi connectivity index (χ1n) is 13.6. The predicted molar refractivity (Wildman–Crippen MR) is 155 cm³/mol. The third-order valence-electron chi connectivity index (χ3n) is 8.02. The molecule has 0 saturated carbocycles. The maximum atomic E-state index is 14.4. The van der Waals surface area contributed by atoms with Crippen molar-refractivity contribution < 1.29 is 39.5 Å². The molecule has 3 nitrogen and oxygen atoms in total. The van der Waals surface area contributed by atoms with Crippen LogP contribution in [-0.2, 0) is 18.5 Å². The lowest BCUT2D eigenvalue weighted by atomic mass is 10.1. The van der Waals surface area contributed by atoms with Crippen LogP contribution >= 0.6 is 0 Å². The van der Waals surface area contributed by atoms with E-state index < -0.39 is 46.6 Å². The van der Waals surface area contributed by atoms with Gasteiger partial charge in [0.15, 0.2) is 0 Å². The molecule has 7 rings (SSSR count). The highest BCUT2D eigenvalue weighted by molar-refractivity contribution is 6.19. The van der Waals surface area contributed by atoms with Crippen LogP contribution in [0.25, 0.3) is 55.0 Å². The van der Waals surface area contributed by atoms with E-state index in [1.807, 2.05) is 6.07 Å². The van der Waals surface area contributed by atoms with Crippen molar-refractivity contribution in [1.29, 1.82) is 5.26 Å². The zero-order chi connectivity index (χ0) is 32.8. The minimum atomic E-state index is -5.19. The Morgan fingerprint density at radius 2 is 1.04 bits per heavy atom. The summed E-state index contributed by atoms with van der Waals surface area (Å²) in [7, 11) is 0. The highest BCUT2D eigenvalue weighted by Crippen LogP contribution is 2.45. The van der Waals surface area contributed by atoms with Gasteiger partial charge in [-0.05, 0) is 54.6 Å². The van der Waals surface area contributed by atoms with E-state index >= 15 is 0 Å². The number of halogens is 9. The van der Waals surface area contributed by atoms with Crippen molar-refractivity contribution in [2.45, 2.75) is 18.5 Å². The van der Waals surface area contributed by atoms with Crippen LogP contribution in [0.3, 0.4) is 0 Å². The fourth-order valence-electron chi connectivity index (χ4n) is 6.17. The first-order valence-corrected chi connectivity index (χ1v) is 13.6. The van der Waals surface area contributed by atoms with Crippen molar-refractivity contribution in [2.24, 2.45) is 0 Å². The summed E-state index contributed by atoms with van der Waals surface area (Å²) < 4.78 is 129. The van der Waals surface area contributed by atoms with Crippen LogP contribution in [0.4, 0.5) is 39.5 Å². The Morgan fingerprint density at radius 3 is 1.61 bits per heavy atom. The summed E-state index contributed by atoms with van der Waals surface area (Å²) in [5.74, 6) is 0. The highest BCUT2D eigenvalue weighted by Gasteiger charge is 2.40. The summed E-state index contributed by atoms with van der Waals surface area (Å²) >= 11 is 0. The Labute approximate surface area is 252 Å². The molecular weight excluding hydrogens is 621 g/mol. The Bertz CT molecular complexity index is 2400. The van der Waals surface area contributed by atoms with E-state index in [4.69, 9.17) is 0 Å². The van der Waals surface area contributed by atoms with Crippen LogP contribution in [0.1, 0.15) is 22.3 Å². The van der Waals surface area contributed by atoms with Crippen LogP contribution < -0.4 is 0 Å². The van der Waals surface area contributed by atoms with E-state index in [0.717, 1.165) is 22.8 Å². The molecule has 0 bridgehead atoms. The van der Waals surface area contributed by atoms with Crippen LogP contribution in [0, 0.1) is 11.3 Å². The van der Waals surface area contributed by atoms with Gasteiger partial charge in [0, 0.05) is 21.5 Å². The molecule has 0 spiro atoms. The van der Waals surface area contributed by atoms with Crippen molar-refractivity contribution in [3.63, 3.8) is 0 Å². The number of nitriles is 1. The summed E-state index contributed by atoms with van der Waals surface area (Å²) in [6.07, 6.45) is -15.1. The number of fused-ring (bicyclic) bond motifs is 6. The SMILES string of the molecule is N#Cc1cccc(C(F)(F)F)c1-n1c2ccccc2c2cc3c4ccccc4n(-c4ccc(C(F)(F)F)cc4C(F)(F)F)c3cc21. The molecule has 0 aliphatic rings. The first kappa shape index (κ1) is 29.3. The molecule has 5 aromatic carbocycles. The van der Waals surface area contributed by atoms with Gasteiger partial charge in [0.05, 0.1) is 55.7 Å². The monoisotopic (exact) mass is 637 g/mol. The summed E-state index contributed by atoms with van der Waals surface area (Å²) in [4.78, 5) is 0. The van der Waals surface area contributed by atoms with E-state index in [1.54, 1.807) is 48.5 Å². The van der Waals surface area contributed by atoms with Gasteiger partial charge in [0.2, 0.25) is 0 Å². The van der Waals surface area contributed by atoms with Gasteiger partial charge in [-0.3, -0.25) is 0 Å². The van der Waals surface area contributed by atoms with Crippen molar-refractivity contribution in [3.05, 3.63) is 119 Å². The molecule has 0 fully saturated rings. The first-order chi connectivity index (χ1) is 21.7. The normalized spacial score (nSPS) is 12.9. The number of benzene rings is 5. The number of hydrogen-bond acceptors (Lipinski definition) is 1. The molecule has 0 aliphatic carbocycles. The van der Waals surface area contributed by atoms with Gasteiger partial charge < -0.3 is 9.13 Å². The van der Waals surface area contributed by atoms with E-state index in [-0.39, 0.29) is 28.2 Å². The Hall–Kier alpha value is -5.44. The molecule has 46 heavy (non-hydrogen) atoms. The van der Waals surface area contributed by atoms with Crippen molar-refractivity contribution in [2.75, 3.05) is 0 Å². The maximum absolute atomic E-state index is 14.4. The molecule has 7 aromatic rings. The molecule has 0 unspecified atom stereocenters. The number of nitrogens with zero attached hydrogens (tertiary/aromatic N) is 3. The zero-order valence-electron chi connectivity index (χ0n) is 23.0. The summed E-state index contributed by atoms with van der Waals surface area (Å²) in [5.41, 5.74) is -4.69. The van der Waals surface area contributed by atoms with Crippen LogP contribution in [0.15, 0.2) is 97.1 Å². The third kappa shape index (κ3) is 4.37. The molecule has 2 heterocycles. The molecule has 12 heteroatoms. The average Bonchev–Trinajstić information content (AvgIpc) is 3.50.